The highest BCUT2D eigenvalue weighted by Crippen LogP contribution is 2.10. The molecule has 0 radical (unpaired) electrons. The molecule has 3 N–H and O–H groups in total. The molecule has 106 valence electrons. The highest BCUT2D eigenvalue weighted by atomic mass is 16.2. The average Bonchev–Trinajstić information content (AvgIpc) is 2.88. The number of aromatic nitrogens is 3. The molecule has 1 aromatic rings. The van der Waals surface area contributed by atoms with Crippen LogP contribution in [-0.2, 0) is 6.54 Å². The van der Waals surface area contributed by atoms with Gasteiger partial charge in [0, 0.05) is 19.1 Å². The van der Waals surface area contributed by atoms with Crippen molar-refractivity contribution in [2.45, 2.75) is 32.4 Å². The van der Waals surface area contributed by atoms with Crippen molar-refractivity contribution >= 4 is 5.91 Å². The molecule has 7 nitrogen and oxygen atoms in total. The Morgan fingerprint density at radius 2 is 2.47 bits per heavy atom. The fourth-order valence-electron chi connectivity index (χ4n) is 2.36. The summed E-state index contributed by atoms with van der Waals surface area (Å²) in [5.74, 6) is -0.147. The van der Waals surface area contributed by atoms with Crippen LogP contribution in [0.25, 0.3) is 0 Å². The molecule has 19 heavy (non-hydrogen) atoms. The minimum Gasteiger partial charge on any atom is -0.347 e. The Morgan fingerprint density at radius 3 is 3.21 bits per heavy atom. The van der Waals surface area contributed by atoms with Gasteiger partial charge in [0.2, 0.25) is 0 Å². The van der Waals surface area contributed by atoms with Crippen molar-refractivity contribution in [1.29, 1.82) is 0 Å². The van der Waals surface area contributed by atoms with Gasteiger partial charge in [-0.15, -0.1) is 5.10 Å². The van der Waals surface area contributed by atoms with Crippen LogP contribution in [0.1, 0.15) is 30.3 Å². The molecule has 1 fully saturated rings. The molecule has 1 unspecified atom stereocenters. The van der Waals surface area contributed by atoms with E-state index in [1.165, 1.54) is 0 Å². The summed E-state index contributed by atoms with van der Waals surface area (Å²) in [7, 11) is 0. The highest BCUT2D eigenvalue weighted by Gasteiger charge is 2.21. The van der Waals surface area contributed by atoms with Crippen molar-refractivity contribution in [3.05, 3.63) is 11.9 Å². The number of hydrogen-bond donors (Lipinski definition) is 2. The first-order valence-corrected chi connectivity index (χ1v) is 6.86. The molecule has 1 aliphatic heterocycles. The maximum absolute atomic E-state index is 12.0. The monoisotopic (exact) mass is 266 g/mol. The zero-order valence-corrected chi connectivity index (χ0v) is 11.4. The lowest BCUT2D eigenvalue weighted by molar-refractivity contribution is 0.0900. The molecule has 7 heteroatoms. The standard InChI is InChI=1S/C12H22N6O/c1-2-17-6-3-4-10(8-17)14-12(19)11-9-18(7-5-13)16-15-11/h9-10H,2-8,13H2,1H3,(H,14,19). The van der Waals surface area contributed by atoms with Gasteiger partial charge in [0.1, 0.15) is 0 Å². The molecule has 1 aliphatic rings. The van der Waals surface area contributed by atoms with Crippen LogP contribution >= 0.6 is 0 Å². The Kier molecular flexibility index (Phi) is 4.86. The van der Waals surface area contributed by atoms with E-state index in [1.54, 1.807) is 10.9 Å². The Balaban J connectivity index is 1.88. The average molecular weight is 266 g/mol. The van der Waals surface area contributed by atoms with Gasteiger partial charge >= 0.3 is 0 Å². The van der Waals surface area contributed by atoms with Crippen LogP contribution in [0.5, 0.6) is 0 Å². The third kappa shape index (κ3) is 3.74. The summed E-state index contributed by atoms with van der Waals surface area (Å²) < 4.78 is 1.59. The van der Waals surface area contributed by atoms with Crippen LogP contribution in [0.15, 0.2) is 6.20 Å². The Morgan fingerprint density at radius 1 is 1.63 bits per heavy atom. The summed E-state index contributed by atoms with van der Waals surface area (Å²) in [6.45, 7) is 6.27. The van der Waals surface area contributed by atoms with Crippen LogP contribution in [0.3, 0.4) is 0 Å². The molecule has 0 spiro atoms. The summed E-state index contributed by atoms with van der Waals surface area (Å²) in [5.41, 5.74) is 5.79. The number of rotatable bonds is 5. The second kappa shape index (κ2) is 6.63. The van der Waals surface area contributed by atoms with Crippen LogP contribution in [0, 0.1) is 0 Å². The van der Waals surface area contributed by atoms with Crippen molar-refractivity contribution in [2.24, 2.45) is 5.73 Å². The molecule has 1 amide bonds. The van der Waals surface area contributed by atoms with Crippen molar-refractivity contribution in [1.82, 2.24) is 25.2 Å². The van der Waals surface area contributed by atoms with Gasteiger partial charge in [-0.05, 0) is 25.9 Å². The van der Waals surface area contributed by atoms with Crippen molar-refractivity contribution in [3.63, 3.8) is 0 Å². The summed E-state index contributed by atoms with van der Waals surface area (Å²) in [5, 5.41) is 10.8. The van der Waals surface area contributed by atoms with Crippen molar-refractivity contribution in [2.75, 3.05) is 26.2 Å². The third-order valence-corrected chi connectivity index (χ3v) is 3.42. The van der Waals surface area contributed by atoms with E-state index < -0.39 is 0 Å². The van der Waals surface area contributed by atoms with E-state index >= 15 is 0 Å². The fourth-order valence-corrected chi connectivity index (χ4v) is 2.36. The number of nitrogens with one attached hydrogen (secondary N) is 1. The van der Waals surface area contributed by atoms with E-state index in [0.29, 0.717) is 18.8 Å². The van der Waals surface area contributed by atoms with Crippen LogP contribution < -0.4 is 11.1 Å². The van der Waals surface area contributed by atoms with E-state index in [4.69, 9.17) is 5.73 Å². The fraction of sp³-hybridized carbons (Fsp3) is 0.750. The number of carbonyl (C=O) groups is 1. The topological polar surface area (TPSA) is 89.1 Å². The van der Waals surface area contributed by atoms with Gasteiger partial charge in [-0.3, -0.25) is 9.48 Å². The highest BCUT2D eigenvalue weighted by molar-refractivity contribution is 5.92. The van der Waals surface area contributed by atoms with Crippen LogP contribution in [0.4, 0.5) is 0 Å². The molecule has 1 saturated heterocycles. The second-order valence-electron chi connectivity index (χ2n) is 4.86. The first-order chi connectivity index (χ1) is 9.22. The maximum atomic E-state index is 12.0. The largest absolute Gasteiger partial charge is 0.347 e. The van der Waals surface area contributed by atoms with Crippen LogP contribution in [0.2, 0.25) is 0 Å². The number of likely N-dealkylation sites (N-methyl/N-ethyl adjacent to an activating group) is 1. The Hall–Kier alpha value is -1.47. The van der Waals surface area contributed by atoms with E-state index in [0.717, 1.165) is 32.5 Å². The van der Waals surface area contributed by atoms with Gasteiger partial charge in [0.05, 0.1) is 12.7 Å². The minimum absolute atomic E-state index is 0.147. The van der Waals surface area contributed by atoms with Gasteiger partial charge in [-0.2, -0.15) is 0 Å². The van der Waals surface area contributed by atoms with E-state index in [-0.39, 0.29) is 11.9 Å². The zero-order valence-electron chi connectivity index (χ0n) is 11.4. The molecule has 2 heterocycles. The maximum Gasteiger partial charge on any atom is 0.273 e. The number of hydrogen-bond acceptors (Lipinski definition) is 5. The van der Waals surface area contributed by atoms with Crippen molar-refractivity contribution in [3.8, 4) is 0 Å². The SMILES string of the molecule is CCN1CCCC(NC(=O)c2cn(CCN)nn2)C1. The smallest absolute Gasteiger partial charge is 0.273 e. The minimum atomic E-state index is -0.147. The first kappa shape index (κ1) is 14.0. The van der Waals surface area contributed by atoms with Crippen LogP contribution in [-0.4, -0.2) is 58.0 Å². The molecule has 0 saturated carbocycles. The zero-order chi connectivity index (χ0) is 13.7. The van der Waals surface area contributed by atoms with E-state index in [9.17, 15) is 4.79 Å². The summed E-state index contributed by atoms with van der Waals surface area (Å²) in [4.78, 5) is 14.4. The summed E-state index contributed by atoms with van der Waals surface area (Å²) in [6.07, 6.45) is 3.79. The van der Waals surface area contributed by atoms with Gasteiger partial charge in [-0.25, -0.2) is 0 Å². The molecular formula is C12H22N6O. The number of piperidine rings is 1. The molecular weight excluding hydrogens is 244 g/mol. The van der Waals surface area contributed by atoms with Gasteiger partial charge < -0.3 is 16.0 Å². The molecule has 0 aromatic carbocycles. The number of nitrogens with zero attached hydrogens (tertiary/aromatic N) is 4. The Labute approximate surface area is 113 Å². The number of amides is 1. The predicted molar refractivity (Wildman–Crippen MR) is 71.7 cm³/mol. The van der Waals surface area contributed by atoms with Gasteiger partial charge in [0.25, 0.3) is 5.91 Å². The first-order valence-electron chi connectivity index (χ1n) is 6.86. The lowest BCUT2D eigenvalue weighted by Gasteiger charge is -2.32. The number of carbonyl (C=O) groups excluding carboxylic acids is 1. The van der Waals surface area contributed by atoms with E-state index in [2.05, 4.69) is 27.5 Å². The van der Waals surface area contributed by atoms with Gasteiger partial charge in [-0.1, -0.05) is 12.1 Å². The van der Waals surface area contributed by atoms with Crippen molar-refractivity contribution < 1.29 is 4.79 Å². The third-order valence-electron chi connectivity index (χ3n) is 3.42. The molecule has 1 atom stereocenters. The molecule has 0 aliphatic carbocycles. The molecule has 2 rings (SSSR count). The van der Waals surface area contributed by atoms with E-state index in [1.807, 2.05) is 0 Å². The normalized spacial score (nSPS) is 20.4. The lowest BCUT2D eigenvalue weighted by atomic mass is 10.1. The Bertz CT molecular complexity index is 418. The summed E-state index contributed by atoms with van der Waals surface area (Å²) in [6, 6.07) is 0.209. The molecule has 0 bridgehead atoms. The summed E-state index contributed by atoms with van der Waals surface area (Å²) >= 11 is 0. The second-order valence-corrected chi connectivity index (χ2v) is 4.86. The predicted octanol–water partition coefficient (Wildman–Crippen LogP) is -0.549. The lowest BCUT2D eigenvalue weighted by Crippen LogP contribution is -2.47. The van der Waals surface area contributed by atoms with Gasteiger partial charge in [0.15, 0.2) is 5.69 Å². The molecule has 1 aromatic heterocycles. The quantitative estimate of drug-likeness (QED) is 0.746. The number of likely N-dealkylation sites (tertiary alicyclic amines) is 1. The number of nitrogens with two attached hydrogens (primary N) is 1.